The molecular formula is C15H29N3O2. The molecule has 2 unspecified atom stereocenters. The van der Waals surface area contributed by atoms with Gasteiger partial charge in [0, 0.05) is 14.1 Å². The highest BCUT2D eigenvalue weighted by molar-refractivity contribution is 5.91. The second-order valence-corrected chi connectivity index (χ2v) is 6.60. The minimum Gasteiger partial charge on any atom is -0.347 e. The first-order valence-corrected chi connectivity index (χ1v) is 7.53. The molecule has 1 aliphatic heterocycles. The van der Waals surface area contributed by atoms with E-state index in [1.165, 1.54) is 0 Å². The third-order valence-electron chi connectivity index (χ3n) is 3.87. The Morgan fingerprint density at radius 2 is 1.95 bits per heavy atom. The fraction of sp³-hybridized carbons (Fsp3) is 0.867. The van der Waals surface area contributed by atoms with Crippen molar-refractivity contribution in [3.8, 4) is 0 Å². The number of likely N-dealkylation sites (N-methyl/N-ethyl adjacent to an activating group) is 1. The van der Waals surface area contributed by atoms with Crippen LogP contribution in [0, 0.1) is 5.92 Å². The first-order chi connectivity index (χ1) is 9.26. The van der Waals surface area contributed by atoms with Gasteiger partial charge in [-0.3, -0.25) is 9.59 Å². The molecule has 0 bridgehead atoms. The third kappa shape index (κ3) is 4.47. The van der Waals surface area contributed by atoms with Crippen LogP contribution in [0.4, 0.5) is 0 Å². The van der Waals surface area contributed by atoms with Gasteiger partial charge in [-0.05, 0) is 45.1 Å². The SMILES string of the molecule is CC(C)CC(NC(=O)C1(C)CCCCN1)C(=O)N(C)C. The molecule has 0 aliphatic carbocycles. The Kier molecular flexibility index (Phi) is 5.99. The van der Waals surface area contributed by atoms with Crippen LogP contribution in [0.1, 0.15) is 46.5 Å². The highest BCUT2D eigenvalue weighted by Gasteiger charge is 2.36. The van der Waals surface area contributed by atoms with Gasteiger partial charge in [0.15, 0.2) is 0 Å². The van der Waals surface area contributed by atoms with Gasteiger partial charge in [0.25, 0.3) is 0 Å². The zero-order valence-electron chi connectivity index (χ0n) is 13.5. The molecule has 0 aromatic rings. The predicted molar refractivity (Wildman–Crippen MR) is 80.3 cm³/mol. The zero-order valence-corrected chi connectivity index (χ0v) is 13.5. The molecule has 0 saturated carbocycles. The van der Waals surface area contributed by atoms with Crippen LogP contribution in [0.5, 0.6) is 0 Å². The summed E-state index contributed by atoms with van der Waals surface area (Å²) in [5, 5.41) is 6.23. The number of nitrogens with one attached hydrogen (secondary N) is 2. The maximum Gasteiger partial charge on any atom is 0.244 e. The fourth-order valence-electron chi connectivity index (χ4n) is 2.57. The normalized spacial score (nSPS) is 24.3. The Morgan fingerprint density at radius 3 is 2.40 bits per heavy atom. The van der Waals surface area contributed by atoms with Crippen molar-refractivity contribution in [3.05, 3.63) is 0 Å². The van der Waals surface area contributed by atoms with E-state index in [0.29, 0.717) is 12.3 Å². The molecule has 0 spiro atoms. The van der Waals surface area contributed by atoms with Crippen LogP contribution in [-0.4, -0.2) is 48.9 Å². The van der Waals surface area contributed by atoms with E-state index in [1.807, 2.05) is 6.92 Å². The van der Waals surface area contributed by atoms with Gasteiger partial charge >= 0.3 is 0 Å². The van der Waals surface area contributed by atoms with E-state index >= 15 is 0 Å². The summed E-state index contributed by atoms with van der Waals surface area (Å²) in [6.45, 7) is 6.90. The highest BCUT2D eigenvalue weighted by Crippen LogP contribution is 2.19. The number of carbonyl (C=O) groups excluding carboxylic acids is 2. The Labute approximate surface area is 122 Å². The second-order valence-electron chi connectivity index (χ2n) is 6.60. The lowest BCUT2D eigenvalue weighted by Crippen LogP contribution is -2.60. The molecule has 2 atom stereocenters. The summed E-state index contributed by atoms with van der Waals surface area (Å²) in [7, 11) is 3.45. The van der Waals surface area contributed by atoms with Crippen molar-refractivity contribution in [2.24, 2.45) is 5.92 Å². The number of hydrogen-bond donors (Lipinski definition) is 2. The fourth-order valence-corrected chi connectivity index (χ4v) is 2.57. The molecule has 2 amide bonds. The van der Waals surface area contributed by atoms with Crippen LogP contribution in [0.3, 0.4) is 0 Å². The van der Waals surface area contributed by atoms with Gasteiger partial charge in [0.05, 0.1) is 5.54 Å². The molecule has 116 valence electrons. The van der Waals surface area contributed by atoms with Crippen molar-refractivity contribution < 1.29 is 9.59 Å². The molecule has 0 aromatic carbocycles. The first kappa shape index (κ1) is 17.0. The second kappa shape index (κ2) is 7.07. The number of carbonyl (C=O) groups is 2. The van der Waals surface area contributed by atoms with Crippen molar-refractivity contribution in [1.82, 2.24) is 15.5 Å². The summed E-state index contributed by atoms with van der Waals surface area (Å²) in [6, 6.07) is -0.432. The number of hydrogen-bond acceptors (Lipinski definition) is 3. The molecule has 2 N–H and O–H groups in total. The monoisotopic (exact) mass is 283 g/mol. The zero-order chi connectivity index (χ0) is 15.3. The predicted octanol–water partition coefficient (Wildman–Crippen LogP) is 1.14. The average Bonchev–Trinajstić information content (AvgIpc) is 2.37. The van der Waals surface area contributed by atoms with E-state index < -0.39 is 11.6 Å². The van der Waals surface area contributed by atoms with Gasteiger partial charge in [-0.1, -0.05) is 13.8 Å². The summed E-state index contributed by atoms with van der Waals surface area (Å²) in [5.41, 5.74) is -0.542. The number of nitrogens with zero attached hydrogens (tertiary/aromatic N) is 1. The van der Waals surface area contributed by atoms with E-state index in [2.05, 4.69) is 24.5 Å². The van der Waals surface area contributed by atoms with Crippen LogP contribution < -0.4 is 10.6 Å². The maximum absolute atomic E-state index is 12.5. The van der Waals surface area contributed by atoms with Crippen LogP contribution in [0.15, 0.2) is 0 Å². The molecule has 1 rings (SSSR count). The van der Waals surface area contributed by atoms with Gasteiger partial charge in [-0.25, -0.2) is 0 Å². The number of rotatable bonds is 5. The van der Waals surface area contributed by atoms with E-state index in [4.69, 9.17) is 0 Å². The Morgan fingerprint density at radius 1 is 1.30 bits per heavy atom. The molecule has 1 fully saturated rings. The first-order valence-electron chi connectivity index (χ1n) is 7.53. The van der Waals surface area contributed by atoms with Crippen molar-refractivity contribution >= 4 is 11.8 Å². The third-order valence-corrected chi connectivity index (χ3v) is 3.87. The van der Waals surface area contributed by atoms with E-state index in [0.717, 1.165) is 25.8 Å². The lowest BCUT2D eigenvalue weighted by atomic mass is 9.89. The summed E-state index contributed by atoms with van der Waals surface area (Å²) in [4.78, 5) is 26.2. The summed E-state index contributed by atoms with van der Waals surface area (Å²) in [5.74, 6) is 0.265. The lowest BCUT2D eigenvalue weighted by molar-refractivity contribution is -0.137. The van der Waals surface area contributed by atoms with Crippen LogP contribution in [0.25, 0.3) is 0 Å². The van der Waals surface area contributed by atoms with E-state index in [1.54, 1.807) is 19.0 Å². The lowest BCUT2D eigenvalue weighted by Gasteiger charge is -2.35. The quantitative estimate of drug-likeness (QED) is 0.795. The molecule has 20 heavy (non-hydrogen) atoms. The highest BCUT2D eigenvalue weighted by atomic mass is 16.2. The Hall–Kier alpha value is -1.10. The minimum absolute atomic E-state index is 0.0357. The molecule has 1 saturated heterocycles. The molecule has 5 nitrogen and oxygen atoms in total. The standard InChI is InChI=1S/C15H29N3O2/c1-11(2)10-12(13(19)18(4)5)17-14(20)15(3)8-6-7-9-16-15/h11-12,16H,6-10H2,1-5H3,(H,17,20). The molecular weight excluding hydrogens is 254 g/mol. The van der Waals surface area contributed by atoms with Crippen LogP contribution >= 0.6 is 0 Å². The number of piperidine rings is 1. The van der Waals surface area contributed by atoms with E-state index in [9.17, 15) is 9.59 Å². The molecule has 0 radical (unpaired) electrons. The molecule has 5 heteroatoms. The van der Waals surface area contributed by atoms with Gasteiger partial charge in [-0.15, -0.1) is 0 Å². The summed E-state index contributed by atoms with van der Waals surface area (Å²) < 4.78 is 0. The summed E-state index contributed by atoms with van der Waals surface area (Å²) in [6.07, 6.45) is 3.64. The Bertz CT molecular complexity index is 347. The molecule has 1 heterocycles. The minimum atomic E-state index is -0.542. The van der Waals surface area contributed by atoms with Gasteiger partial charge < -0.3 is 15.5 Å². The number of amides is 2. The topological polar surface area (TPSA) is 61.4 Å². The maximum atomic E-state index is 12.5. The average molecular weight is 283 g/mol. The van der Waals surface area contributed by atoms with Crippen molar-refractivity contribution in [3.63, 3.8) is 0 Å². The Balaban J connectivity index is 2.73. The van der Waals surface area contributed by atoms with Crippen molar-refractivity contribution in [2.75, 3.05) is 20.6 Å². The smallest absolute Gasteiger partial charge is 0.244 e. The van der Waals surface area contributed by atoms with Crippen LogP contribution in [0.2, 0.25) is 0 Å². The van der Waals surface area contributed by atoms with Crippen molar-refractivity contribution in [2.45, 2.75) is 58.0 Å². The summed E-state index contributed by atoms with van der Waals surface area (Å²) >= 11 is 0. The van der Waals surface area contributed by atoms with Crippen molar-refractivity contribution in [1.29, 1.82) is 0 Å². The molecule has 0 aromatic heterocycles. The van der Waals surface area contributed by atoms with Gasteiger partial charge in [0.1, 0.15) is 6.04 Å². The van der Waals surface area contributed by atoms with Gasteiger partial charge in [0.2, 0.25) is 11.8 Å². The largest absolute Gasteiger partial charge is 0.347 e. The van der Waals surface area contributed by atoms with Gasteiger partial charge in [-0.2, -0.15) is 0 Å². The molecule has 1 aliphatic rings. The van der Waals surface area contributed by atoms with E-state index in [-0.39, 0.29) is 11.8 Å². The van der Waals surface area contributed by atoms with Crippen LogP contribution in [-0.2, 0) is 9.59 Å².